The van der Waals surface area contributed by atoms with Gasteiger partial charge in [0.2, 0.25) is 5.91 Å². The normalized spacial score (nSPS) is 10.4. The SMILES string of the molecule is NC(=O)c1cccc(Cn2cc(Cl)c(=O)[nH]c2=O)c1. The number of aromatic amines is 1. The van der Waals surface area contributed by atoms with Gasteiger partial charge in [-0.1, -0.05) is 23.7 Å². The van der Waals surface area contributed by atoms with Crippen LogP contribution < -0.4 is 17.0 Å². The van der Waals surface area contributed by atoms with Gasteiger partial charge in [0.15, 0.2) is 0 Å². The zero-order valence-corrected chi connectivity index (χ0v) is 10.5. The minimum atomic E-state index is -0.631. The number of nitrogens with two attached hydrogens (primary N) is 1. The maximum atomic E-state index is 11.6. The van der Waals surface area contributed by atoms with Crippen LogP contribution in [0.4, 0.5) is 0 Å². The molecule has 3 N–H and O–H groups in total. The zero-order valence-electron chi connectivity index (χ0n) is 9.72. The van der Waals surface area contributed by atoms with Gasteiger partial charge in [-0.25, -0.2) is 4.79 Å². The first-order valence-corrected chi connectivity index (χ1v) is 5.73. The number of carbonyl (C=O) groups excluding carboxylic acids is 1. The number of primary amides is 1. The lowest BCUT2D eigenvalue weighted by molar-refractivity contribution is 0.1000. The molecule has 2 rings (SSSR count). The summed E-state index contributed by atoms with van der Waals surface area (Å²) in [6, 6.07) is 6.55. The number of carbonyl (C=O) groups is 1. The van der Waals surface area contributed by atoms with E-state index in [1.807, 2.05) is 0 Å². The molecule has 2 aromatic rings. The molecule has 0 bridgehead atoms. The minimum Gasteiger partial charge on any atom is -0.366 e. The van der Waals surface area contributed by atoms with E-state index in [1.54, 1.807) is 24.3 Å². The van der Waals surface area contributed by atoms with Crippen LogP contribution in [0.15, 0.2) is 40.1 Å². The average Bonchev–Trinajstić information content (AvgIpc) is 2.36. The number of H-pyrrole nitrogens is 1. The number of benzene rings is 1. The summed E-state index contributed by atoms with van der Waals surface area (Å²) in [6.07, 6.45) is 1.25. The molecule has 1 aromatic carbocycles. The van der Waals surface area contributed by atoms with Crippen molar-refractivity contribution in [3.05, 3.63) is 67.4 Å². The number of nitrogens with one attached hydrogen (secondary N) is 1. The molecule has 0 fully saturated rings. The summed E-state index contributed by atoms with van der Waals surface area (Å²) in [6.45, 7) is 0.177. The molecular formula is C12H10ClN3O3. The fourth-order valence-corrected chi connectivity index (χ4v) is 1.78. The largest absolute Gasteiger partial charge is 0.366 e. The number of halogens is 1. The standard InChI is InChI=1S/C12H10ClN3O3/c13-9-6-16(12(19)15-11(9)18)5-7-2-1-3-8(4-7)10(14)17/h1-4,6H,5H2,(H2,14,17)(H,15,18,19). The molecule has 98 valence electrons. The molecule has 0 unspecified atom stereocenters. The number of hydrogen-bond acceptors (Lipinski definition) is 3. The van der Waals surface area contributed by atoms with E-state index in [1.165, 1.54) is 10.8 Å². The van der Waals surface area contributed by atoms with E-state index < -0.39 is 17.2 Å². The summed E-state index contributed by atoms with van der Waals surface area (Å²) in [7, 11) is 0. The molecule has 1 aromatic heterocycles. The molecule has 0 radical (unpaired) electrons. The lowest BCUT2D eigenvalue weighted by atomic mass is 10.1. The molecule has 0 aliphatic rings. The first kappa shape index (κ1) is 13.1. The van der Waals surface area contributed by atoms with E-state index in [9.17, 15) is 14.4 Å². The number of amides is 1. The van der Waals surface area contributed by atoms with E-state index in [0.29, 0.717) is 11.1 Å². The Hall–Kier alpha value is -2.34. The van der Waals surface area contributed by atoms with Gasteiger partial charge in [-0.2, -0.15) is 0 Å². The molecule has 0 aliphatic carbocycles. The summed E-state index contributed by atoms with van der Waals surface area (Å²) >= 11 is 5.66. The Morgan fingerprint density at radius 1 is 1.37 bits per heavy atom. The number of rotatable bonds is 3. The second-order valence-electron chi connectivity index (χ2n) is 3.93. The predicted molar refractivity (Wildman–Crippen MR) is 70.4 cm³/mol. The highest BCUT2D eigenvalue weighted by atomic mass is 35.5. The van der Waals surface area contributed by atoms with Crippen molar-refractivity contribution in [1.82, 2.24) is 9.55 Å². The van der Waals surface area contributed by atoms with Crippen LogP contribution in [-0.2, 0) is 6.54 Å². The molecule has 1 heterocycles. The minimum absolute atomic E-state index is 0.0781. The van der Waals surface area contributed by atoms with Crippen LogP contribution in [-0.4, -0.2) is 15.5 Å². The van der Waals surface area contributed by atoms with Crippen molar-refractivity contribution in [2.24, 2.45) is 5.73 Å². The highest BCUT2D eigenvalue weighted by Crippen LogP contribution is 2.06. The van der Waals surface area contributed by atoms with Gasteiger partial charge < -0.3 is 5.73 Å². The Morgan fingerprint density at radius 3 is 2.79 bits per heavy atom. The van der Waals surface area contributed by atoms with Crippen LogP contribution in [0.1, 0.15) is 15.9 Å². The second kappa shape index (κ2) is 5.11. The van der Waals surface area contributed by atoms with E-state index in [4.69, 9.17) is 17.3 Å². The smallest absolute Gasteiger partial charge is 0.328 e. The van der Waals surface area contributed by atoms with Gasteiger partial charge in [0.25, 0.3) is 5.56 Å². The van der Waals surface area contributed by atoms with Crippen molar-refractivity contribution in [3.8, 4) is 0 Å². The average molecular weight is 280 g/mol. The Balaban J connectivity index is 2.39. The Morgan fingerprint density at radius 2 is 2.11 bits per heavy atom. The lowest BCUT2D eigenvalue weighted by Crippen LogP contribution is -2.30. The van der Waals surface area contributed by atoms with Gasteiger partial charge in [0, 0.05) is 11.8 Å². The third-order valence-electron chi connectivity index (χ3n) is 2.53. The monoisotopic (exact) mass is 279 g/mol. The van der Waals surface area contributed by atoms with Gasteiger partial charge in [0.05, 0.1) is 6.54 Å². The Bertz CT molecular complexity index is 748. The first-order chi connectivity index (χ1) is 8.97. The van der Waals surface area contributed by atoms with E-state index >= 15 is 0 Å². The summed E-state index contributed by atoms with van der Waals surface area (Å²) < 4.78 is 1.24. The molecule has 7 heteroatoms. The summed E-state index contributed by atoms with van der Waals surface area (Å²) in [5, 5.41) is -0.0781. The van der Waals surface area contributed by atoms with Gasteiger partial charge in [-0.05, 0) is 17.7 Å². The summed E-state index contributed by atoms with van der Waals surface area (Å²) in [5.41, 5.74) is 5.02. The fraction of sp³-hybridized carbons (Fsp3) is 0.0833. The van der Waals surface area contributed by atoms with Crippen LogP contribution >= 0.6 is 11.6 Å². The number of nitrogens with zero attached hydrogens (tertiary/aromatic N) is 1. The van der Waals surface area contributed by atoms with Crippen LogP contribution in [0.5, 0.6) is 0 Å². The Labute approximate surface area is 112 Å². The highest BCUT2D eigenvalue weighted by molar-refractivity contribution is 6.30. The highest BCUT2D eigenvalue weighted by Gasteiger charge is 2.05. The van der Waals surface area contributed by atoms with E-state index in [0.717, 1.165) is 0 Å². The Kier molecular flexibility index (Phi) is 3.52. The third-order valence-corrected chi connectivity index (χ3v) is 2.80. The first-order valence-electron chi connectivity index (χ1n) is 5.35. The lowest BCUT2D eigenvalue weighted by Gasteiger charge is -2.06. The van der Waals surface area contributed by atoms with Crippen molar-refractivity contribution >= 4 is 17.5 Å². The van der Waals surface area contributed by atoms with Crippen LogP contribution in [0.3, 0.4) is 0 Å². The van der Waals surface area contributed by atoms with Crippen LogP contribution in [0.2, 0.25) is 5.02 Å². The van der Waals surface area contributed by atoms with Crippen molar-refractivity contribution in [2.45, 2.75) is 6.54 Å². The number of aromatic nitrogens is 2. The molecule has 0 saturated carbocycles. The van der Waals surface area contributed by atoms with Crippen molar-refractivity contribution < 1.29 is 4.79 Å². The topological polar surface area (TPSA) is 97.9 Å². The third kappa shape index (κ3) is 2.92. The van der Waals surface area contributed by atoms with Crippen molar-refractivity contribution in [2.75, 3.05) is 0 Å². The molecule has 1 amide bonds. The van der Waals surface area contributed by atoms with Gasteiger partial charge in [0.1, 0.15) is 5.02 Å². The molecule has 0 aliphatic heterocycles. The van der Waals surface area contributed by atoms with Gasteiger partial charge in [-0.3, -0.25) is 19.1 Å². The fourth-order valence-electron chi connectivity index (χ4n) is 1.62. The molecule has 19 heavy (non-hydrogen) atoms. The molecule has 0 spiro atoms. The molecular weight excluding hydrogens is 270 g/mol. The van der Waals surface area contributed by atoms with E-state index in [-0.39, 0.29) is 11.6 Å². The van der Waals surface area contributed by atoms with Crippen molar-refractivity contribution in [3.63, 3.8) is 0 Å². The molecule has 6 nitrogen and oxygen atoms in total. The molecule has 0 atom stereocenters. The maximum Gasteiger partial charge on any atom is 0.328 e. The van der Waals surface area contributed by atoms with Crippen molar-refractivity contribution in [1.29, 1.82) is 0 Å². The summed E-state index contributed by atoms with van der Waals surface area (Å²) in [5.74, 6) is -0.548. The summed E-state index contributed by atoms with van der Waals surface area (Å²) in [4.78, 5) is 35.8. The van der Waals surface area contributed by atoms with Gasteiger partial charge in [-0.15, -0.1) is 0 Å². The van der Waals surface area contributed by atoms with E-state index in [2.05, 4.69) is 4.98 Å². The van der Waals surface area contributed by atoms with Crippen LogP contribution in [0.25, 0.3) is 0 Å². The molecule has 0 saturated heterocycles. The van der Waals surface area contributed by atoms with Gasteiger partial charge >= 0.3 is 5.69 Å². The quantitative estimate of drug-likeness (QED) is 0.847. The number of hydrogen-bond donors (Lipinski definition) is 2. The second-order valence-corrected chi connectivity index (χ2v) is 4.34. The predicted octanol–water partition coefficient (Wildman–Crippen LogP) is 0.337. The zero-order chi connectivity index (χ0) is 14.0. The maximum absolute atomic E-state index is 11.6. The van der Waals surface area contributed by atoms with Crippen LogP contribution in [0, 0.1) is 0 Å².